The van der Waals surface area contributed by atoms with Gasteiger partial charge in [-0.2, -0.15) is 4.98 Å². The van der Waals surface area contributed by atoms with Crippen LogP contribution in [0.2, 0.25) is 0 Å². The lowest BCUT2D eigenvalue weighted by Gasteiger charge is -2.11. The minimum absolute atomic E-state index is 0.0290. The number of ether oxygens (including phenoxy) is 1. The van der Waals surface area contributed by atoms with Crippen molar-refractivity contribution in [2.75, 3.05) is 5.32 Å². The quantitative estimate of drug-likeness (QED) is 0.721. The number of rotatable bonds is 6. The summed E-state index contributed by atoms with van der Waals surface area (Å²) in [7, 11) is 0. The third-order valence-corrected chi connectivity index (χ3v) is 3.40. The molecule has 0 unspecified atom stereocenters. The molecule has 1 atom stereocenters. The standard InChI is InChI=1S/C16H17N5O3/c1-3-10(2)24-13-8-11(4-6-17-13)15(22)19-16-18-14(20-21-16)12-5-7-23-9-12/h4-10H,3H2,1-2H3,(H2,18,19,20,21,22)/t10-/m1/s1. The molecule has 24 heavy (non-hydrogen) atoms. The van der Waals surface area contributed by atoms with Gasteiger partial charge in [0.15, 0.2) is 5.82 Å². The zero-order valence-corrected chi connectivity index (χ0v) is 13.3. The number of carbonyl (C=O) groups excluding carboxylic acids is 1. The lowest BCUT2D eigenvalue weighted by Crippen LogP contribution is -2.15. The number of anilines is 1. The van der Waals surface area contributed by atoms with E-state index in [-0.39, 0.29) is 18.0 Å². The van der Waals surface area contributed by atoms with Gasteiger partial charge < -0.3 is 9.15 Å². The molecule has 8 heteroatoms. The second-order valence-corrected chi connectivity index (χ2v) is 5.19. The smallest absolute Gasteiger partial charge is 0.258 e. The number of hydrogen-bond donors (Lipinski definition) is 2. The van der Waals surface area contributed by atoms with Gasteiger partial charge in [0.25, 0.3) is 5.91 Å². The maximum Gasteiger partial charge on any atom is 0.258 e. The Morgan fingerprint density at radius 1 is 1.46 bits per heavy atom. The normalized spacial score (nSPS) is 11.9. The number of amides is 1. The summed E-state index contributed by atoms with van der Waals surface area (Å²) in [4.78, 5) is 20.6. The topological polar surface area (TPSA) is 106 Å². The van der Waals surface area contributed by atoms with Gasteiger partial charge >= 0.3 is 0 Å². The summed E-state index contributed by atoms with van der Waals surface area (Å²) < 4.78 is 10.6. The van der Waals surface area contributed by atoms with E-state index < -0.39 is 0 Å². The summed E-state index contributed by atoms with van der Waals surface area (Å²) in [6.45, 7) is 3.96. The van der Waals surface area contributed by atoms with Crippen LogP contribution in [-0.2, 0) is 0 Å². The van der Waals surface area contributed by atoms with E-state index in [9.17, 15) is 4.79 Å². The van der Waals surface area contributed by atoms with Crippen LogP contribution in [-0.4, -0.2) is 32.2 Å². The van der Waals surface area contributed by atoms with Gasteiger partial charge in [0, 0.05) is 17.8 Å². The number of aromatic amines is 1. The van der Waals surface area contributed by atoms with Crippen LogP contribution in [0.25, 0.3) is 11.4 Å². The molecule has 3 rings (SSSR count). The Balaban J connectivity index is 1.70. The Hall–Kier alpha value is -3.16. The first-order valence-corrected chi connectivity index (χ1v) is 7.54. The molecule has 3 heterocycles. The maximum absolute atomic E-state index is 12.3. The van der Waals surface area contributed by atoms with E-state index in [1.54, 1.807) is 18.2 Å². The highest BCUT2D eigenvalue weighted by atomic mass is 16.5. The summed E-state index contributed by atoms with van der Waals surface area (Å²) in [5.41, 5.74) is 1.16. The molecule has 3 aromatic rings. The van der Waals surface area contributed by atoms with E-state index in [0.29, 0.717) is 17.3 Å². The highest BCUT2D eigenvalue weighted by Gasteiger charge is 2.13. The molecule has 0 saturated carbocycles. The molecule has 8 nitrogen and oxygen atoms in total. The first-order valence-electron chi connectivity index (χ1n) is 7.54. The third kappa shape index (κ3) is 3.60. The molecule has 1 amide bonds. The van der Waals surface area contributed by atoms with Crippen molar-refractivity contribution in [1.29, 1.82) is 0 Å². The number of furan rings is 1. The average Bonchev–Trinajstić information content (AvgIpc) is 3.26. The minimum atomic E-state index is -0.343. The molecule has 2 N–H and O–H groups in total. The fourth-order valence-electron chi connectivity index (χ4n) is 1.92. The first-order chi connectivity index (χ1) is 11.7. The molecule has 0 aliphatic carbocycles. The van der Waals surface area contributed by atoms with Gasteiger partial charge in [-0.3, -0.25) is 15.2 Å². The van der Waals surface area contributed by atoms with Crippen LogP contribution in [0.5, 0.6) is 5.88 Å². The Labute approximate surface area is 138 Å². The Kier molecular flexibility index (Phi) is 4.55. The second-order valence-electron chi connectivity index (χ2n) is 5.19. The summed E-state index contributed by atoms with van der Waals surface area (Å²) in [6.07, 6.45) is 5.48. The van der Waals surface area contributed by atoms with Crippen molar-refractivity contribution in [3.8, 4) is 17.3 Å². The van der Waals surface area contributed by atoms with Gasteiger partial charge in [0.1, 0.15) is 6.26 Å². The molecule has 0 aliphatic heterocycles. The number of pyridine rings is 1. The van der Waals surface area contributed by atoms with Gasteiger partial charge in [-0.25, -0.2) is 4.98 Å². The summed E-state index contributed by atoms with van der Waals surface area (Å²) in [5.74, 6) is 0.752. The number of nitrogens with zero attached hydrogens (tertiary/aromatic N) is 3. The summed E-state index contributed by atoms with van der Waals surface area (Å²) >= 11 is 0. The zero-order valence-electron chi connectivity index (χ0n) is 13.3. The predicted molar refractivity (Wildman–Crippen MR) is 86.7 cm³/mol. The SMILES string of the molecule is CC[C@@H](C)Oc1cc(C(=O)Nc2n[nH]c(-c3ccoc3)n2)ccn1. The fraction of sp³-hybridized carbons (Fsp3) is 0.250. The molecule has 0 spiro atoms. The molecule has 0 fully saturated rings. The Morgan fingerprint density at radius 2 is 2.33 bits per heavy atom. The van der Waals surface area contributed by atoms with Crippen molar-refractivity contribution in [2.45, 2.75) is 26.4 Å². The molecular formula is C16H17N5O3. The van der Waals surface area contributed by atoms with Crippen LogP contribution in [0.3, 0.4) is 0 Å². The Morgan fingerprint density at radius 3 is 3.08 bits per heavy atom. The van der Waals surface area contributed by atoms with Crippen molar-refractivity contribution in [1.82, 2.24) is 20.2 Å². The molecular weight excluding hydrogens is 310 g/mol. The van der Waals surface area contributed by atoms with Crippen molar-refractivity contribution in [3.63, 3.8) is 0 Å². The van der Waals surface area contributed by atoms with Crippen LogP contribution < -0.4 is 10.1 Å². The molecule has 0 aromatic carbocycles. The molecule has 0 bridgehead atoms. The Bertz CT molecular complexity index is 813. The fourth-order valence-corrected chi connectivity index (χ4v) is 1.92. The maximum atomic E-state index is 12.3. The molecule has 0 saturated heterocycles. The van der Waals surface area contributed by atoms with Crippen LogP contribution >= 0.6 is 0 Å². The van der Waals surface area contributed by atoms with Gasteiger partial charge in [-0.15, -0.1) is 5.10 Å². The predicted octanol–water partition coefficient (Wildman–Crippen LogP) is 2.89. The zero-order chi connectivity index (χ0) is 16.9. The lowest BCUT2D eigenvalue weighted by molar-refractivity contribution is 0.102. The molecule has 3 aromatic heterocycles. The van der Waals surface area contributed by atoms with Crippen molar-refractivity contribution in [2.24, 2.45) is 0 Å². The highest BCUT2D eigenvalue weighted by Crippen LogP contribution is 2.17. The van der Waals surface area contributed by atoms with Crippen LogP contribution in [0.4, 0.5) is 5.95 Å². The largest absolute Gasteiger partial charge is 0.475 e. The van der Waals surface area contributed by atoms with E-state index in [1.807, 2.05) is 13.8 Å². The number of aromatic nitrogens is 4. The highest BCUT2D eigenvalue weighted by molar-refractivity contribution is 6.03. The van der Waals surface area contributed by atoms with E-state index in [4.69, 9.17) is 9.15 Å². The minimum Gasteiger partial charge on any atom is -0.475 e. The van der Waals surface area contributed by atoms with Crippen molar-refractivity contribution in [3.05, 3.63) is 42.5 Å². The van der Waals surface area contributed by atoms with E-state index >= 15 is 0 Å². The molecule has 124 valence electrons. The number of nitrogens with one attached hydrogen (secondary N) is 2. The lowest BCUT2D eigenvalue weighted by atomic mass is 10.2. The average molecular weight is 327 g/mol. The van der Waals surface area contributed by atoms with Crippen molar-refractivity contribution < 1.29 is 13.9 Å². The van der Waals surface area contributed by atoms with Gasteiger partial charge in [0.2, 0.25) is 11.8 Å². The van der Waals surface area contributed by atoms with E-state index in [0.717, 1.165) is 12.0 Å². The van der Waals surface area contributed by atoms with Crippen molar-refractivity contribution >= 4 is 11.9 Å². The summed E-state index contributed by atoms with van der Waals surface area (Å²) in [5, 5.41) is 9.33. The molecule has 0 aliphatic rings. The van der Waals surface area contributed by atoms with E-state index in [1.165, 1.54) is 18.7 Å². The number of carbonyl (C=O) groups is 1. The van der Waals surface area contributed by atoms with Gasteiger partial charge in [-0.05, 0) is 25.5 Å². The van der Waals surface area contributed by atoms with Gasteiger partial charge in [0.05, 0.1) is 17.9 Å². The molecule has 0 radical (unpaired) electrons. The van der Waals surface area contributed by atoms with Crippen LogP contribution in [0.1, 0.15) is 30.6 Å². The summed E-state index contributed by atoms with van der Waals surface area (Å²) in [6, 6.07) is 4.93. The monoisotopic (exact) mass is 327 g/mol. The van der Waals surface area contributed by atoms with Crippen LogP contribution in [0, 0.1) is 0 Å². The third-order valence-electron chi connectivity index (χ3n) is 3.40. The first kappa shape index (κ1) is 15.7. The number of hydrogen-bond acceptors (Lipinski definition) is 6. The number of H-pyrrole nitrogens is 1. The van der Waals surface area contributed by atoms with E-state index in [2.05, 4.69) is 25.5 Å². The van der Waals surface area contributed by atoms with Gasteiger partial charge in [-0.1, -0.05) is 6.92 Å². The van der Waals surface area contributed by atoms with Crippen LogP contribution in [0.15, 0.2) is 41.3 Å². The second kappa shape index (κ2) is 6.95.